The topological polar surface area (TPSA) is 27.0 Å². The van der Waals surface area contributed by atoms with Crippen molar-refractivity contribution in [2.45, 2.75) is 58.0 Å². The minimum absolute atomic E-state index is 0.281. The van der Waals surface area contributed by atoms with E-state index in [9.17, 15) is 5.26 Å². The van der Waals surface area contributed by atoms with E-state index in [2.05, 4.69) is 36.6 Å². The molecule has 0 aromatic rings. The van der Waals surface area contributed by atoms with Gasteiger partial charge in [-0.1, -0.05) is 19.8 Å². The molecule has 0 radical (unpaired) electrons. The van der Waals surface area contributed by atoms with Crippen molar-refractivity contribution in [2.24, 2.45) is 11.8 Å². The van der Waals surface area contributed by atoms with E-state index in [4.69, 9.17) is 0 Å². The largest absolute Gasteiger partial charge is 0.295 e. The monoisotopic (exact) mass is 266 g/mol. The van der Waals surface area contributed by atoms with Crippen molar-refractivity contribution in [3.05, 3.63) is 0 Å². The van der Waals surface area contributed by atoms with Crippen LogP contribution in [0.3, 0.4) is 0 Å². The normalized spacial score (nSPS) is 38.3. The van der Waals surface area contributed by atoms with Gasteiger partial charge < -0.3 is 0 Å². The van der Waals surface area contributed by atoms with Crippen molar-refractivity contribution in [2.75, 3.05) is 18.1 Å². The van der Waals surface area contributed by atoms with Gasteiger partial charge in [-0.25, -0.2) is 0 Å². The fraction of sp³-hybridized carbons (Fsp3) is 0.933. The third-order valence-corrected chi connectivity index (χ3v) is 5.82. The standard InChI is InChI=1S/C15H26N2S/c1-3-4-13-5-6-14(10-16)15(9-13)17-7-8-18-11-12(17)2/h12-15H,3-9,11H2,1-2H3. The summed E-state index contributed by atoms with van der Waals surface area (Å²) in [5, 5.41) is 9.41. The van der Waals surface area contributed by atoms with Crippen molar-refractivity contribution >= 4 is 11.8 Å². The summed E-state index contributed by atoms with van der Waals surface area (Å²) in [7, 11) is 0. The smallest absolute Gasteiger partial charge is 0.0672 e. The number of nitriles is 1. The third kappa shape index (κ3) is 3.22. The van der Waals surface area contributed by atoms with Crippen LogP contribution in [0.15, 0.2) is 0 Å². The van der Waals surface area contributed by atoms with Crippen molar-refractivity contribution in [3.8, 4) is 6.07 Å². The zero-order chi connectivity index (χ0) is 13.0. The van der Waals surface area contributed by atoms with E-state index in [0.717, 1.165) is 12.3 Å². The Kier molecular flexibility index (Phi) is 5.38. The van der Waals surface area contributed by atoms with Crippen LogP contribution in [0, 0.1) is 23.2 Å². The molecular formula is C15H26N2S. The summed E-state index contributed by atoms with van der Waals surface area (Å²) in [5.74, 6) is 3.64. The maximum Gasteiger partial charge on any atom is 0.0672 e. The SMILES string of the molecule is CCCC1CCC(C#N)C(N2CCSCC2C)C1. The first-order valence-corrected chi connectivity index (χ1v) is 8.64. The van der Waals surface area contributed by atoms with Crippen LogP contribution < -0.4 is 0 Å². The van der Waals surface area contributed by atoms with E-state index in [1.165, 1.54) is 43.7 Å². The lowest BCUT2D eigenvalue weighted by atomic mass is 9.76. The van der Waals surface area contributed by atoms with Gasteiger partial charge in [0.15, 0.2) is 0 Å². The molecule has 2 aliphatic rings. The summed E-state index contributed by atoms with van der Waals surface area (Å²) in [6.45, 7) is 5.81. The average molecular weight is 266 g/mol. The number of nitrogens with zero attached hydrogens (tertiary/aromatic N) is 2. The zero-order valence-electron chi connectivity index (χ0n) is 11.8. The second kappa shape index (κ2) is 6.82. The molecule has 18 heavy (non-hydrogen) atoms. The van der Waals surface area contributed by atoms with E-state index >= 15 is 0 Å². The van der Waals surface area contributed by atoms with Gasteiger partial charge in [-0.15, -0.1) is 0 Å². The number of rotatable bonds is 3. The maximum atomic E-state index is 9.41. The molecule has 4 atom stereocenters. The second-order valence-corrected chi connectivity index (χ2v) is 7.08. The van der Waals surface area contributed by atoms with Crippen LogP contribution in [0.25, 0.3) is 0 Å². The Morgan fingerprint density at radius 2 is 2.22 bits per heavy atom. The summed E-state index contributed by atoms with van der Waals surface area (Å²) < 4.78 is 0. The maximum absolute atomic E-state index is 9.41. The number of hydrogen-bond acceptors (Lipinski definition) is 3. The average Bonchev–Trinajstić information content (AvgIpc) is 2.40. The molecule has 0 N–H and O–H groups in total. The van der Waals surface area contributed by atoms with Gasteiger partial charge in [0.05, 0.1) is 12.0 Å². The van der Waals surface area contributed by atoms with Crippen LogP contribution >= 0.6 is 11.8 Å². The molecule has 2 nitrogen and oxygen atoms in total. The van der Waals surface area contributed by atoms with Gasteiger partial charge in [0, 0.05) is 30.1 Å². The van der Waals surface area contributed by atoms with Crippen molar-refractivity contribution in [1.82, 2.24) is 4.90 Å². The van der Waals surface area contributed by atoms with Gasteiger partial charge in [-0.05, 0) is 32.1 Å². The van der Waals surface area contributed by atoms with Crippen LogP contribution in [-0.2, 0) is 0 Å². The summed E-state index contributed by atoms with van der Waals surface area (Å²) in [4.78, 5) is 2.65. The lowest BCUT2D eigenvalue weighted by molar-refractivity contribution is 0.0767. The second-order valence-electron chi connectivity index (χ2n) is 5.93. The predicted molar refractivity (Wildman–Crippen MR) is 78.6 cm³/mol. The van der Waals surface area contributed by atoms with Crippen LogP contribution in [0.2, 0.25) is 0 Å². The van der Waals surface area contributed by atoms with E-state index in [0.29, 0.717) is 12.1 Å². The molecule has 3 heteroatoms. The number of hydrogen-bond donors (Lipinski definition) is 0. The van der Waals surface area contributed by atoms with Gasteiger partial charge in [-0.2, -0.15) is 17.0 Å². The summed E-state index contributed by atoms with van der Waals surface area (Å²) in [6.07, 6.45) is 6.31. The first kappa shape index (κ1) is 14.2. The van der Waals surface area contributed by atoms with Crippen LogP contribution in [0.4, 0.5) is 0 Å². The predicted octanol–water partition coefficient (Wildman–Crippen LogP) is 3.53. The summed E-state index contributed by atoms with van der Waals surface area (Å²) in [6, 6.07) is 3.78. The van der Waals surface area contributed by atoms with Crippen molar-refractivity contribution in [1.29, 1.82) is 5.26 Å². The molecule has 0 amide bonds. The van der Waals surface area contributed by atoms with E-state index in [-0.39, 0.29) is 5.92 Å². The molecular weight excluding hydrogens is 240 g/mol. The zero-order valence-corrected chi connectivity index (χ0v) is 12.6. The Hall–Kier alpha value is -0.200. The minimum Gasteiger partial charge on any atom is -0.295 e. The Morgan fingerprint density at radius 3 is 2.89 bits per heavy atom. The molecule has 1 heterocycles. The summed E-state index contributed by atoms with van der Waals surface area (Å²) in [5.41, 5.74) is 0. The van der Waals surface area contributed by atoms with Crippen LogP contribution in [-0.4, -0.2) is 35.0 Å². The Labute approximate surface area is 116 Å². The van der Waals surface area contributed by atoms with E-state index in [1.807, 2.05) is 0 Å². The van der Waals surface area contributed by atoms with Crippen LogP contribution in [0.5, 0.6) is 0 Å². The lowest BCUT2D eigenvalue weighted by Crippen LogP contribution is -2.51. The highest BCUT2D eigenvalue weighted by Gasteiger charge is 2.36. The van der Waals surface area contributed by atoms with E-state index in [1.54, 1.807) is 0 Å². The molecule has 0 aromatic carbocycles. The van der Waals surface area contributed by atoms with Crippen molar-refractivity contribution in [3.63, 3.8) is 0 Å². The molecule has 2 fully saturated rings. The molecule has 102 valence electrons. The molecule has 4 unspecified atom stereocenters. The molecule has 1 aliphatic heterocycles. The Morgan fingerprint density at radius 1 is 1.39 bits per heavy atom. The van der Waals surface area contributed by atoms with Gasteiger partial charge >= 0.3 is 0 Å². The highest BCUT2D eigenvalue weighted by molar-refractivity contribution is 7.99. The Bertz CT molecular complexity index is 299. The highest BCUT2D eigenvalue weighted by atomic mass is 32.2. The highest BCUT2D eigenvalue weighted by Crippen LogP contribution is 2.36. The molecule has 1 saturated heterocycles. The molecule has 1 saturated carbocycles. The molecule has 0 aromatic heterocycles. The van der Waals surface area contributed by atoms with Gasteiger partial charge in [0.25, 0.3) is 0 Å². The molecule has 0 bridgehead atoms. The fourth-order valence-electron chi connectivity index (χ4n) is 3.65. The lowest BCUT2D eigenvalue weighted by Gasteiger charge is -2.45. The summed E-state index contributed by atoms with van der Waals surface area (Å²) >= 11 is 2.07. The quantitative estimate of drug-likeness (QED) is 0.782. The van der Waals surface area contributed by atoms with Gasteiger partial charge in [-0.3, -0.25) is 4.90 Å². The molecule has 0 spiro atoms. The van der Waals surface area contributed by atoms with Gasteiger partial charge in [0.2, 0.25) is 0 Å². The molecule has 1 aliphatic carbocycles. The number of thioether (sulfide) groups is 1. The Balaban J connectivity index is 2.03. The van der Waals surface area contributed by atoms with Crippen molar-refractivity contribution < 1.29 is 0 Å². The minimum atomic E-state index is 0.281. The van der Waals surface area contributed by atoms with Gasteiger partial charge in [0.1, 0.15) is 0 Å². The third-order valence-electron chi connectivity index (χ3n) is 4.63. The first-order valence-electron chi connectivity index (χ1n) is 7.49. The van der Waals surface area contributed by atoms with E-state index < -0.39 is 0 Å². The fourth-order valence-corrected chi connectivity index (χ4v) is 4.69. The first-order chi connectivity index (χ1) is 8.76. The molecule has 2 rings (SSSR count). The van der Waals surface area contributed by atoms with Crippen LogP contribution in [0.1, 0.15) is 46.0 Å².